The highest BCUT2D eigenvalue weighted by Crippen LogP contribution is 2.38. The predicted octanol–water partition coefficient (Wildman–Crippen LogP) is 0.0505. The number of aromatic nitrogens is 2. The van der Waals surface area contributed by atoms with Crippen LogP contribution in [0.3, 0.4) is 0 Å². The van der Waals surface area contributed by atoms with Gasteiger partial charge in [0.1, 0.15) is 17.5 Å². The smallest absolute Gasteiger partial charge is 0.136 e. The molecule has 6 nitrogen and oxygen atoms in total. The van der Waals surface area contributed by atoms with Gasteiger partial charge in [-0.1, -0.05) is 0 Å². The first-order valence-corrected chi connectivity index (χ1v) is 6.99. The minimum atomic E-state index is 0.228. The molecule has 0 unspecified atom stereocenters. The molecule has 1 saturated heterocycles. The van der Waals surface area contributed by atoms with Gasteiger partial charge in [0.2, 0.25) is 0 Å². The molecule has 6 heteroatoms. The molecular weight excluding hydrogens is 242 g/mol. The zero-order chi connectivity index (χ0) is 13.2. The van der Waals surface area contributed by atoms with Crippen LogP contribution in [-0.2, 0) is 0 Å². The lowest BCUT2D eigenvalue weighted by Gasteiger charge is -2.35. The van der Waals surface area contributed by atoms with Crippen LogP contribution in [0.15, 0.2) is 6.07 Å². The summed E-state index contributed by atoms with van der Waals surface area (Å²) in [5, 5.41) is 8.95. The van der Waals surface area contributed by atoms with Gasteiger partial charge in [-0.05, 0) is 12.8 Å². The molecule has 0 amide bonds. The number of hydrogen-bond donors (Lipinski definition) is 2. The van der Waals surface area contributed by atoms with Crippen molar-refractivity contribution >= 4 is 11.6 Å². The Morgan fingerprint density at radius 2 is 1.95 bits per heavy atom. The van der Waals surface area contributed by atoms with Gasteiger partial charge in [0, 0.05) is 44.7 Å². The fraction of sp³-hybridized carbons (Fsp3) is 0.692. The van der Waals surface area contributed by atoms with Crippen molar-refractivity contribution < 1.29 is 5.11 Å². The maximum absolute atomic E-state index is 8.95. The molecule has 1 aliphatic heterocycles. The van der Waals surface area contributed by atoms with Crippen molar-refractivity contribution in [2.24, 2.45) is 0 Å². The van der Waals surface area contributed by atoms with E-state index in [4.69, 9.17) is 10.8 Å². The van der Waals surface area contributed by atoms with Gasteiger partial charge in [0.25, 0.3) is 0 Å². The van der Waals surface area contributed by atoms with Crippen LogP contribution >= 0.6 is 0 Å². The molecule has 0 aromatic carbocycles. The van der Waals surface area contributed by atoms with Gasteiger partial charge in [-0.3, -0.25) is 4.90 Å². The largest absolute Gasteiger partial charge is 0.395 e. The number of nitrogen functional groups attached to an aromatic ring is 1. The van der Waals surface area contributed by atoms with E-state index >= 15 is 0 Å². The van der Waals surface area contributed by atoms with Gasteiger partial charge in [-0.15, -0.1) is 0 Å². The van der Waals surface area contributed by atoms with Crippen molar-refractivity contribution in [3.8, 4) is 0 Å². The molecule has 104 valence electrons. The topological polar surface area (TPSA) is 78.5 Å². The third-order valence-electron chi connectivity index (χ3n) is 3.80. The van der Waals surface area contributed by atoms with Crippen molar-refractivity contribution in [3.63, 3.8) is 0 Å². The van der Waals surface area contributed by atoms with Crippen LogP contribution in [0, 0.1) is 0 Å². The fourth-order valence-corrected chi connectivity index (χ4v) is 2.50. The number of piperazine rings is 1. The first-order valence-electron chi connectivity index (χ1n) is 6.99. The van der Waals surface area contributed by atoms with Crippen LogP contribution in [0.5, 0.6) is 0 Å². The lowest BCUT2D eigenvalue weighted by molar-refractivity contribution is 0.188. The van der Waals surface area contributed by atoms with E-state index in [9.17, 15) is 0 Å². The first-order chi connectivity index (χ1) is 9.26. The molecule has 1 aromatic rings. The lowest BCUT2D eigenvalue weighted by atomic mass is 10.3. The average molecular weight is 263 g/mol. The third-order valence-corrected chi connectivity index (χ3v) is 3.80. The molecule has 3 rings (SSSR count). The number of aliphatic hydroxyl groups excluding tert-OH is 1. The Labute approximate surface area is 113 Å². The van der Waals surface area contributed by atoms with Crippen LogP contribution in [-0.4, -0.2) is 59.3 Å². The quantitative estimate of drug-likeness (QED) is 0.799. The second kappa shape index (κ2) is 5.30. The monoisotopic (exact) mass is 263 g/mol. The Hall–Kier alpha value is -1.40. The van der Waals surface area contributed by atoms with Crippen molar-refractivity contribution in [3.05, 3.63) is 11.9 Å². The fourth-order valence-electron chi connectivity index (χ4n) is 2.50. The highest BCUT2D eigenvalue weighted by atomic mass is 16.3. The van der Waals surface area contributed by atoms with Crippen molar-refractivity contribution in [2.75, 3.05) is 50.0 Å². The zero-order valence-electron chi connectivity index (χ0n) is 11.1. The summed E-state index contributed by atoms with van der Waals surface area (Å²) in [4.78, 5) is 13.5. The van der Waals surface area contributed by atoms with E-state index in [0.717, 1.165) is 44.4 Å². The summed E-state index contributed by atoms with van der Waals surface area (Å²) >= 11 is 0. The average Bonchev–Trinajstić information content (AvgIpc) is 3.23. The first kappa shape index (κ1) is 12.6. The molecular formula is C13H21N5O. The number of aliphatic hydroxyl groups is 1. The maximum atomic E-state index is 8.95. The van der Waals surface area contributed by atoms with E-state index in [1.54, 1.807) is 0 Å². The van der Waals surface area contributed by atoms with Crippen molar-refractivity contribution in [1.82, 2.24) is 14.9 Å². The summed E-state index contributed by atoms with van der Waals surface area (Å²) in [6, 6.07) is 1.87. The molecule has 0 atom stereocenters. The number of rotatable bonds is 4. The minimum Gasteiger partial charge on any atom is -0.395 e. The summed E-state index contributed by atoms with van der Waals surface area (Å²) in [5.74, 6) is 2.97. The predicted molar refractivity (Wildman–Crippen MR) is 74.2 cm³/mol. The second-order valence-electron chi connectivity index (χ2n) is 5.34. The van der Waals surface area contributed by atoms with E-state index in [-0.39, 0.29) is 6.61 Å². The normalized spacial score (nSPS) is 20.8. The second-order valence-corrected chi connectivity index (χ2v) is 5.34. The number of anilines is 2. The third kappa shape index (κ3) is 2.96. The standard InChI is InChI=1S/C13H21N5O/c14-11-9-12(16-13(15-11)10-1-2-10)18-5-3-17(4-6-18)7-8-19/h9-10,19H,1-8H2,(H2,14,15,16). The van der Waals surface area contributed by atoms with E-state index < -0.39 is 0 Å². The molecule has 1 aliphatic carbocycles. The molecule has 2 heterocycles. The number of nitrogens with zero attached hydrogens (tertiary/aromatic N) is 4. The van der Waals surface area contributed by atoms with E-state index in [1.807, 2.05) is 6.07 Å². The van der Waals surface area contributed by atoms with Gasteiger partial charge in [0.05, 0.1) is 6.61 Å². The SMILES string of the molecule is Nc1cc(N2CCN(CCO)CC2)nc(C2CC2)n1. The number of nitrogens with two attached hydrogens (primary N) is 1. The van der Waals surface area contributed by atoms with E-state index in [2.05, 4.69) is 19.8 Å². The number of β-amino-alcohol motifs (C(OH)–C–C–N with tert-alkyl or cyclic N) is 1. The highest BCUT2D eigenvalue weighted by Gasteiger charge is 2.28. The highest BCUT2D eigenvalue weighted by molar-refractivity contribution is 5.48. The summed E-state index contributed by atoms with van der Waals surface area (Å²) < 4.78 is 0. The van der Waals surface area contributed by atoms with Crippen molar-refractivity contribution in [2.45, 2.75) is 18.8 Å². The van der Waals surface area contributed by atoms with Gasteiger partial charge in [0.15, 0.2) is 0 Å². The molecule has 2 aliphatic rings. The van der Waals surface area contributed by atoms with Gasteiger partial charge < -0.3 is 15.7 Å². The van der Waals surface area contributed by atoms with Gasteiger partial charge in [-0.25, -0.2) is 9.97 Å². The molecule has 0 spiro atoms. The Morgan fingerprint density at radius 3 is 2.58 bits per heavy atom. The zero-order valence-corrected chi connectivity index (χ0v) is 11.1. The summed E-state index contributed by atoms with van der Waals surface area (Å²) in [6.45, 7) is 4.77. The van der Waals surface area contributed by atoms with Crippen LogP contribution in [0.25, 0.3) is 0 Å². The molecule has 2 fully saturated rings. The Kier molecular flexibility index (Phi) is 3.52. The van der Waals surface area contributed by atoms with Crippen LogP contribution in [0.2, 0.25) is 0 Å². The van der Waals surface area contributed by atoms with Gasteiger partial charge in [-0.2, -0.15) is 0 Å². The minimum absolute atomic E-state index is 0.228. The molecule has 0 bridgehead atoms. The Balaban J connectivity index is 1.69. The van der Waals surface area contributed by atoms with E-state index in [0.29, 0.717) is 11.7 Å². The Bertz CT molecular complexity index is 441. The van der Waals surface area contributed by atoms with E-state index in [1.165, 1.54) is 12.8 Å². The van der Waals surface area contributed by atoms with Gasteiger partial charge >= 0.3 is 0 Å². The maximum Gasteiger partial charge on any atom is 0.136 e. The Morgan fingerprint density at radius 1 is 1.21 bits per heavy atom. The summed E-state index contributed by atoms with van der Waals surface area (Å²) in [7, 11) is 0. The molecule has 1 saturated carbocycles. The number of hydrogen-bond acceptors (Lipinski definition) is 6. The molecule has 19 heavy (non-hydrogen) atoms. The summed E-state index contributed by atoms with van der Waals surface area (Å²) in [6.07, 6.45) is 2.38. The van der Waals surface area contributed by atoms with Crippen molar-refractivity contribution in [1.29, 1.82) is 0 Å². The lowest BCUT2D eigenvalue weighted by Crippen LogP contribution is -2.47. The summed E-state index contributed by atoms with van der Waals surface area (Å²) in [5.41, 5.74) is 5.89. The molecule has 3 N–H and O–H groups in total. The molecule has 0 radical (unpaired) electrons. The molecule has 1 aromatic heterocycles. The van der Waals surface area contributed by atoms with Crippen LogP contribution < -0.4 is 10.6 Å². The van der Waals surface area contributed by atoms with Crippen LogP contribution in [0.1, 0.15) is 24.6 Å². The van der Waals surface area contributed by atoms with Crippen LogP contribution in [0.4, 0.5) is 11.6 Å².